The first-order chi connectivity index (χ1) is 14.7. The van der Waals surface area contributed by atoms with Crippen molar-refractivity contribution in [3.63, 3.8) is 0 Å². The Morgan fingerprint density at radius 2 is 1.97 bits per heavy atom. The Morgan fingerprint density at radius 3 is 2.80 bits per heavy atom. The number of thioether (sulfide) groups is 1. The Bertz CT molecular complexity index is 1190. The van der Waals surface area contributed by atoms with Crippen LogP contribution >= 0.6 is 23.1 Å². The van der Waals surface area contributed by atoms with Gasteiger partial charge in [0.1, 0.15) is 22.2 Å². The van der Waals surface area contributed by atoms with E-state index in [0.29, 0.717) is 22.6 Å². The molecular weight excluding hydrogens is 418 g/mol. The fraction of sp³-hybridized carbons (Fsp3) is 0.350. The SMILES string of the molecule is COc1ccc(-n2nnnc2SCc2nc(N)c3c4c(sc3n2)CCCCC4)cc1. The number of aryl methyl sites for hydroxylation is 2. The number of hydrogen-bond donors (Lipinski definition) is 1. The highest BCUT2D eigenvalue weighted by Gasteiger charge is 2.19. The molecule has 0 aliphatic heterocycles. The van der Waals surface area contributed by atoms with E-state index in [9.17, 15) is 0 Å². The Kier molecular flexibility index (Phi) is 5.26. The van der Waals surface area contributed by atoms with E-state index in [4.69, 9.17) is 15.5 Å². The number of tetrazole rings is 1. The number of nitrogen functional groups attached to an aromatic ring is 1. The largest absolute Gasteiger partial charge is 0.497 e. The second kappa shape index (κ2) is 8.19. The Labute approximate surface area is 181 Å². The summed E-state index contributed by atoms with van der Waals surface area (Å²) in [6, 6.07) is 7.59. The lowest BCUT2D eigenvalue weighted by Gasteiger charge is -2.06. The van der Waals surface area contributed by atoms with Gasteiger partial charge in [-0.25, -0.2) is 9.97 Å². The lowest BCUT2D eigenvalue weighted by Crippen LogP contribution is -2.02. The zero-order chi connectivity index (χ0) is 20.5. The average Bonchev–Trinajstić information content (AvgIpc) is 3.30. The number of nitrogens with zero attached hydrogens (tertiary/aromatic N) is 6. The summed E-state index contributed by atoms with van der Waals surface area (Å²) in [5.41, 5.74) is 8.59. The van der Waals surface area contributed by atoms with Crippen molar-refractivity contribution in [1.29, 1.82) is 0 Å². The first-order valence-electron chi connectivity index (χ1n) is 9.85. The molecule has 0 atom stereocenters. The predicted octanol–water partition coefficient (Wildman–Crippen LogP) is 3.82. The van der Waals surface area contributed by atoms with Crippen molar-refractivity contribution < 1.29 is 4.74 Å². The highest BCUT2D eigenvalue weighted by atomic mass is 32.2. The standard InChI is InChI=1S/C20H21N7OS2/c1-28-13-9-7-12(8-10-13)27-20(24-25-26-27)29-11-16-22-18(21)17-14-5-3-2-4-6-15(14)30-19(17)23-16/h7-10H,2-6,11H2,1H3,(H2,21,22,23). The second-order valence-corrected chi connectivity index (χ2v) is 9.16. The molecule has 1 aromatic carbocycles. The van der Waals surface area contributed by atoms with E-state index in [1.54, 1.807) is 23.1 Å². The fourth-order valence-corrected chi connectivity index (χ4v) is 5.79. The number of benzene rings is 1. The number of methoxy groups -OCH3 is 1. The summed E-state index contributed by atoms with van der Waals surface area (Å²) in [7, 11) is 1.64. The number of anilines is 1. The van der Waals surface area contributed by atoms with Crippen molar-refractivity contribution in [1.82, 2.24) is 30.2 Å². The third kappa shape index (κ3) is 3.61. The van der Waals surface area contributed by atoms with Crippen LogP contribution in [0.15, 0.2) is 29.4 Å². The van der Waals surface area contributed by atoms with Gasteiger partial charge >= 0.3 is 0 Å². The van der Waals surface area contributed by atoms with Crippen molar-refractivity contribution in [3.8, 4) is 11.4 Å². The number of nitrogens with two attached hydrogens (primary N) is 1. The molecule has 5 rings (SSSR count). The quantitative estimate of drug-likeness (QED) is 0.370. The molecule has 10 heteroatoms. The number of ether oxygens (including phenoxy) is 1. The molecule has 2 N–H and O–H groups in total. The molecule has 0 spiro atoms. The first-order valence-corrected chi connectivity index (χ1v) is 11.7. The molecule has 3 aromatic heterocycles. The van der Waals surface area contributed by atoms with E-state index in [-0.39, 0.29) is 0 Å². The second-order valence-electron chi connectivity index (χ2n) is 7.13. The third-order valence-corrected chi connectivity index (χ3v) is 7.33. The number of aromatic nitrogens is 6. The molecule has 1 aliphatic rings. The van der Waals surface area contributed by atoms with E-state index in [2.05, 4.69) is 20.5 Å². The number of thiophene rings is 1. The fourth-order valence-electron chi connectivity index (χ4n) is 3.76. The van der Waals surface area contributed by atoms with Crippen LogP contribution in [0.25, 0.3) is 15.9 Å². The minimum Gasteiger partial charge on any atom is -0.497 e. The van der Waals surface area contributed by atoms with Gasteiger partial charge in [0, 0.05) is 4.88 Å². The number of hydrogen-bond acceptors (Lipinski definition) is 9. The Morgan fingerprint density at radius 1 is 1.13 bits per heavy atom. The zero-order valence-electron chi connectivity index (χ0n) is 16.5. The van der Waals surface area contributed by atoms with E-state index < -0.39 is 0 Å². The van der Waals surface area contributed by atoms with Crippen LogP contribution in [0.4, 0.5) is 5.82 Å². The van der Waals surface area contributed by atoms with Gasteiger partial charge in [-0.2, -0.15) is 4.68 Å². The molecule has 0 saturated heterocycles. The first kappa shape index (κ1) is 19.3. The minimum absolute atomic E-state index is 0.541. The van der Waals surface area contributed by atoms with Gasteiger partial charge in [0.25, 0.3) is 0 Å². The lowest BCUT2D eigenvalue weighted by atomic mass is 10.1. The predicted molar refractivity (Wildman–Crippen MR) is 118 cm³/mol. The lowest BCUT2D eigenvalue weighted by molar-refractivity contribution is 0.414. The smallest absolute Gasteiger partial charge is 0.214 e. The molecule has 0 amide bonds. The van der Waals surface area contributed by atoms with E-state index in [1.807, 2.05) is 24.3 Å². The molecule has 4 aromatic rings. The van der Waals surface area contributed by atoms with Crippen molar-refractivity contribution in [2.45, 2.75) is 43.0 Å². The third-order valence-electron chi connectivity index (χ3n) is 5.23. The van der Waals surface area contributed by atoms with Gasteiger partial charge in [-0.15, -0.1) is 16.4 Å². The van der Waals surface area contributed by atoms with Crippen LogP contribution in [0.5, 0.6) is 5.75 Å². The van der Waals surface area contributed by atoms with Crippen LogP contribution in [0.3, 0.4) is 0 Å². The van der Waals surface area contributed by atoms with Crippen molar-refractivity contribution in [2.75, 3.05) is 12.8 Å². The topological polar surface area (TPSA) is 105 Å². The molecule has 0 saturated carbocycles. The maximum Gasteiger partial charge on any atom is 0.214 e. The van der Waals surface area contributed by atoms with Crippen molar-refractivity contribution in [3.05, 3.63) is 40.5 Å². The van der Waals surface area contributed by atoms with Crippen LogP contribution in [-0.2, 0) is 18.6 Å². The maximum atomic E-state index is 6.36. The van der Waals surface area contributed by atoms with E-state index >= 15 is 0 Å². The Balaban J connectivity index is 1.39. The Hall–Kier alpha value is -2.72. The highest BCUT2D eigenvalue weighted by Crippen LogP contribution is 2.37. The van der Waals surface area contributed by atoms with Gasteiger partial charge in [0.05, 0.1) is 23.9 Å². The molecular formula is C20H21N7OS2. The van der Waals surface area contributed by atoms with Gasteiger partial charge in [-0.1, -0.05) is 18.2 Å². The normalized spacial score (nSPS) is 13.9. The highest BCUT2D eigenvalue weighted by molar-refractivity contribution is 7.98. The maximum absolute atomic E-state index is 6.36. The van der Waals surface area contributed by atoms with Gasteiger partial charge in [0.15, 0.2) is 0 Å². The van der Waals surface area contributed by atoms with Crippen LogP contribution in [0.2, 0.25) is 0 Å². The van der Waals surface area contributed by atoms with Gasteiger partial charge in [-0.05, 0) is 65.9 Å². The van der Waals surface area contributed by atoms with Crippen molar-refractivity contribution in [2.24, 2.45) is 0 Å². The molecule has 0 radical (unpaired) electrons. The molecule has 0 bridgehead atoms. The monoisotopic (exact) mass is 439 g/mol. The summed E-state index contributed by atoms with van der Waals surface area (Å²) in [4.78, 5) is 11.8. The summed E-state index contributed by atoms with van der Waals surface area (Å²) in [5, 5.41) is 13.8. The molecule has 154 valence electrons. The molecule has 0 unspecified atom stereocenters. The van der Waals surface area contributed by atoms with Gasteiger partial charge in [-0.3, -0.25) is 0 Å². The number of rotatable bonds is 5. The van der Waals surface area contributed by atoms with Crippen LogP contribution < -0.4 is 10.5 Å². The molecule has 0 fully saturated rings. The summed E-state index contributed by atoms with van der Waals surface area (Å²) in [5.74, 6) is 2.61. The van der Waals surface area contributed by atoms with Gasteiger partial charge < -0.3 is 10.5 Å². The summed E-state index contributed by atoms with van der Waals surface area (Å²) < 4.78 is 6.91. The van der Waals surface area contributed by atoms with Crippen molar-refractivity contribution >= 4 is 39.1 Å². The number of fused-ring (bicyclic) bond motifs is 3. The van der Waals surface area contributed by atoms with Crippen LogP contribution in [0.1, 0.15) is 35.5 Å². The molecule has 30 heavy (non-hydrogen) atoms. The van der Waals surface area contributed by atoms with E-state index in [0.717, 1.165) is 34.5 Å². The van der Waals surface area contributed by atoms with Crippen LogP contribution in [0, 0.1) is 0 Å². The molecule has 8 nitrogen and oxygen atoms in total. The van der Waals surface area contributed by atoms with Crippen LogP contribution in [-0.4, -0.2) is 37.3 Å². The van der Waals surface area contributed by atoms with E-state index in [1.165, 1.54) is 41.5 Å². The summed E-state index contributed by atoms with van der Waals surface area (Å²) in [6.07, 6.45) is 5.93. The summed E-state index contributed by atoms with van der Waals surface area (Å²) in [6.45, 7) is 0. The average molecular weight is 440 g/mol. The minimum atomic E-state index is 0.541. The zero-order valence-corrected chi connectivity index (χ0v) is 18.2. The van der Waals surface area contributed by atoms with Gasteiger partial charge in [0.2, 0.25) is 5.16 Å². The molecule has 3 heterocycles. The summed E-state index contributed by atoms with van der Waals surface area (Å²) >= 11 is 3.26. The molecule has 1 aliphatic carbocycles.